The average molecular weight is 289 g/mol. The summed E-state index contributed by atoms with van der Waals surface area (Å²) in [6.45, 7) is 4.49. The molecule has 1 aliphatic heterocycles. The van der Waals surface area contributed by atoms with Gasteiger partial charge in [0.05, 0.1) is 0 Å². The van der Waals surface area contributed by atoms with Crippen molar-refractivity contribution in [2.75, 3.05) is 13.6 Å². The fourth-order valence-electron chi connectivity index (χ4n) is 2.48. The minimum atomic E-state index is -0.981. The highest BCUT2D eigenvalue weighted by Crippen LogP contribution is 2.28. The van der Waals surface area contributed by atoms with Gasteiger partial charge in [-0.15, -0.1) is 0 Å². The molecule has 1 aliphatic rings. The van der Waals surface area contributed by atoms with Crippen LogP contribution >= 0.6 is 0 Å². The van der Waals surface area contributed by atoms with Gasteiger partial charge in [-0.1, -0.05) is 0 Å². The van der Waals surface area contributed by atoms with E-state index in [1.54, 1.807) is 18.0 Å². The van der Waals surface area contributed by atoms with Gasteiger partial charge >= 0.3 is 5.97 Å². The van der Waals surface area contributed by atoms with Gasteiger partial charge in [-0.25, -0.2) is 4.79 Å². The molecule has 1 fully saturated rings. The molecule has 1 unspecified atom stereocenters. The molecule has 5 nitrogen and oxygen atoms in total. The quantitative estimate of drug-likeness (QED) is 0.861. The fourth-order valence-corrected chi connectivity index (χ4v) is 2.48. The van der Waals surface area contributed by atoms with Crippen LogP contribution in [0.15, 0.2) is 18.2 Å². The predicted molar refractivity (Wildman–Crippen MR) is 79.3 cm³/mol. The van der Waals surface area contributed by atoms with E-state index in [0.29, 0.717) is 18.7 Å². The number of benzene rings is 1. The first kappa shape index (κ1) is 15.1. The number of hydrogen-bond acceptors (Lipinski definition) is 3. The first-order valence-corrected chi connectivity index (χ1v) is 6.82. The molecule has 2 rings (SSSR count). The number of nitrogens with zero attached hydrogens (tertiary/aromatic N) is 1. The van der Waals surface area contributed by atoms with Crippen LogP contribution in [-0.2, 0) is 9.59 Å². The lowest BCUT2D eigenvalue weighted by Crippen LogP contribution is -2.29. The first-order chi connectivity index (χ1) is 9.88. The molecule has 0 aromatic heterocycles. The van der Waals surface area contributed by atoms with E-state index in [2.05, 4.69) is 0 Å². The maximum atomic E-state index is 11.9. The smallest absolute Gasteiger partial charge is 0.328 e. The lowest BCUT2D eigenvalue weighted by Gasteiger charge is -2.17. The number of likely N-dealkylation sites (tertiary alicyclic amines) is 1. The van der Waals surface area contributed by atoms with Gasteiger partial charge in [-0.05, 0) is 48.7 Å². The topological polar surface area (TPSA) is 66.8 Å². The van der Waals surface area contributed by atoms with E-state index in [1.165, 1.54) is 0 Å². The second-order valence-corrected chi connectivity index (χ2v) is 5.31. The second kappa shape index (κ2) is 5.99. The van der Waals surface area contributed by atoms with Crippen LogP contribution in [0.2, 0.25) is 0 Å². The van der Waals surface area contributed by atoms with E-state index < -0.39 is 12.1 Å². The summed E-state index contributed by atoms with van der Waals surface area (Å²) < 4.78 is 5.87. The monoisotopic (exact) mass is 289 g/mol. The molecule has 112 valence electrons. The van der Waals surface area contributed by atoms with E-state index >= 15 is 0 Å². The third kappa shape index (κ3) is 3.42. The largest absolute Gasteiger partial charge is 0.480 e. The molecule has 1 aromatic carbocycles. The molecule has 21 heavy (non-hydrogen) atoms. The maximum Gasteiger partial charge on any atom is 0.328 e. The number of ether oxygens (including phenoxy) is 1. The summed E-state index contributed by atoms with van der Waals surface area (Å²) in [5.74, 6) is -0.273. The second-order valence-electron chi connectivity index (χ2n) is 5.31. The zero-order valence-electron chi connectivity index (χ0n) is 12.4. The number of likely N-dealkylation sites (N-methyl/N-ethyl adjacent to an activating group) is 1. The number of carbonyl (C=O) groups excluding carboxylic acids is 1. The predicted octanol–water partition coefficient (Wildman–Crippen LogP) is 2.01. The maximum absolute atomic E-state index is 11.9. The SMILES string of the molecule is Cc1cc(C=CC(=O)O)cc(C)c1OC1CCN(C)C1=O. The summed E-state index contributed by atoms with van der Waals surface area (Å²) in [7, 11) is 1.77. The van der Waals surface area contributed by atoms with Crippen molar-refractivity contribution in [2.45, 2.75) is 26.4 Å². The molecule has 0 aliphatic carbocycles. The Hall–Kier alpha value is -2.30. The van der Waals surface area contributed by atoms with Gasteiger partial charge in [0.2, 0.25) is 0 Å². The van der Waals surface area contributed by atoms with Crippen LogP contribution < -0.4 is 4.74 Å². The minimum absolute atomic E-state index is 0.00338. The molecule has 1 heterocycles. The molecule has 0 bridgehead atoms. The summed E-state index contributed by atoms with van der Waals surface area (Å²) in [6.07, 6.45) is 2.91. The normalized spacial score (nSPS) is 18.5. The Bertz CT molecular complexity index is 583. The van der Waals surface area contributed by atoms with Crippen molar-refractivity contribution in [3.05, 3.63) is 34.9 Å². The van der Waals surface area contributed by atoms with Crippen LogP contribution in [0.1, 0.15) is 23.1 Å². The highest BCUT2D eigenvalue weighted by Gasteiger charge is 2.31. The van der Waals surface area contributed by atoms with Crippen molar-refractivity contribution in [1.82, 2.24) is 4.90 Å². The molecular formula is C16H19NO4. The van der Waals surface area contributed by atoms with Crippen molar-refractivity contribution < 1.29 is 19.4 Å². The summed E-state index contributed by atoms with van der Waals surface area (Å²) >= 11 is 0. The Morgan fingerprint density at radius 2 is 2.00 bits per heavy atom. The van der Waals surface area contributed by atoms with Crippen LogP contribution in [0.4, 0.5) is 0 Å². The van der Waals surface area contributed by atoms with E-state index in [-0.39, 0.29) is 5.91 Å². The summed E-state index contributed by atoms with van der Waals surface area (Å²) in [4.78, 5) is 24.1. The van der Waals surface area contributed by atoms with Crippen molar-refractivity contribution in [1.29, 1.82) is 0 Å². The Morgan fingerprint density at radius 1 is 1.38 bits per heavy atom. The Kier molecular flexibility index (Phi) is 4.31. The molecule has 0 saturated carbocycles. The standard InChI is InChI=1S/C16H19NO4/c1-10-8-12(4-5-14(18)19)9-11(2)15(10)21-13-6-7-17(3)16(13)20/h4-5,8-9,13H,6-7H2,1-3H3,(H,18,19). The van der Waals surface area contributed by atoms with Crippen LogP contribution in [0.25, 0.3) is 6.08 Å². The third-order valence-corrected chi connectivity index (χ3v) is 3.54. The van der Waals surface area contributed by atoms with Gasteiger partial charge in [0.15, 0.2) is 6.10 Å². The Balaban J connectivity index is 2.21. The summed E-state index contributed by atoms with van der Waals surface area (Å²) in [6, 6.07) is 3.70. The molecule has 5 heteroatoms. The zero-order chi connectivity index (χ0) is 15.6. The minimum Gasteiger partial charge on any atom is -0.480 e. The lowest BCUT2D eigenvalue weighted by molar-refractivity contribution is -0.132. The summed E-state index contributed by atoms with van der Waals surface area (Å²) in [5, 5.41) is 8.66. The van der Waals surface area contributed by atoms with Gasteiger partial charge in [-0.3, -0.25) is 4.79 Å². The highest BCUT2D eigenvalue weighted by atomic mass is 16.5. The number of hydrogen-bond donors (Lipinski definition) is 1. The van der Waals surface area contributed by atoms with Gasteiger partial charge in [0.1, 0.15) is 5.75 Å². The molecule has 0 radical (unpaired) electrons. The number of carbonyl (C=O) groups is 2. The van der Waals surface area contributed by atoms with E-state index in [9.17, 15) is 9.59 Å². The molecule has 1 amide bonds. The van der Waals surface area contributed by atoms with Gasteiger partial charge in [0.25, 0.3) is 5.91 Å². The Labute approximate surface area is 123 Å². The first-order valence-electron chi connectivity index (χ1n) is 6.82. The zero-order valence-corrected chi connectivity index (χ0v) is 12.4. The molecule has 1 atom stereocenters. The van der Waals surface area contributed by atoms with Crippen LogP contribution in [-0.4, -0.2) is 41.6 Å². The van der Waals surface area contributed by atoms with Crippen LogP contribution in [0.5, 0.6) is 5.75 Å². The molecule has 1 saturated heterocycles. The Morgan fingerprint density at radius 3 is 2.48 bits per heavy atom. The van der Waals surface area contributed by atoms with Crippen molar-refractivity contribution in [3.63, 3.8) is 0 Å². The number of aliphatic carboxylic acids is 1. The molecule has 0 spiro atoms. The van der Waals surface area contributed by atoms with Crippen LogP contribution in [0, 0.1) is 13.8 Å². The van der Waals surface area contributed by atoms with Crippen molar-refractivity contribution >= 4 is 18.0 Å². The van der Waals surface area contributed by atoms with Gasteiger partial charge < -0.3 is 14.7 Å². The number of carboxylic acids is 1. The molecule has 1 N–H and O–H groups in total. The van der Waals surface area contributed by atoms with Gasteiger partial charge in [0, 0.05) is 26.1 Å². The molecular weight excluding hydrogens is 270 g/mol. The average Bonchev–Trinajstić information content (AvgIpc) is 2.72. The summed E-state index contributed by atoms with van der Waals surface area (Å²) in [5.41, 5.74) is 2.58. The van der Waals surface area contributed by atoms with Crippen molar-refractivity contribution in [3.8, 4) is 5.75 Å². The number of amides is 1. The third-order valence-electron chi connectivity index (χ3n) is 3.54. The fraction of sp³-hybridized carbons (Fsp3) is 0.375. The van der Waals surface area contributed by atoms with Gasteiger partial charge in [-0.2, -0.15) is 0 Å². The van der Waals surface area contributed by atoms with E-state index in [0.717, 1.165) is 22.8 Å². The van der Waals surface area contributed by atoms with E-state index in [4.69, 9.17) is 9.84 Å². The van der Waals surface area contributed by atoms with Crippen LogP contribution in [0.3, 0.4) is 0 Å². The number of rotatable bonds is 4. The number of carboxylic acid groups (broad SMARTS) is 1. The highest BCUT2D eigenvalue weighted by molar-refractivity contribution is 5.85. The molecule has 1 aromatic rings. The van der Waals surface area contributed by atoms with E-state index in [1.807, 2.05) is 26.0 Å². The lowest BCUT2D eigenvalue weighted by atomic mass is 10.0. The number of aryl methyl sites for hydroxylation is 2. The van der Waals surface area contributed by atoms with Crippen molar-refractivity contribution in [2.24, 2.45) is 0 Å².